The summed E-state index contributed by atoms with van der Waals surface area (Å²) in [6.45, 7) is 0. The zero-order valence-corrected chi connectivity index (χ0v) is 19.0. The van der Waals surface area contributed by atoms with Crippen molar-refractivity contribution in [2.45, 2.75) is 23.9 Å². The molecule has 0 aliphatic heterocycles. The normalized spacial score (nSPS) is 14.6. The van der Waals surface area contributed by atoms with Crippen molar-refractivity contribution in [2.75, 3.05) is 17.7 Å². The molecule has 1 atom stereocenters. The first-order chi connectivity index (χ1) is 14.9. The van der Waals surface area contributed by atoms with Crippen LogP contribution in [0.5, 0.6) is 0 Å². The second kappa shape index (κ2) is 8.96. The molecule has 0 aliphatic carbocycles. The fraction of sp³-hybridized carbons (Fsp3) is 0.278. The molecule has 0 fully saturated rings. The van der Waals surface area contributed by atoms with Crippen LogP contribution in [0.15, 0.2) is 39.3 Å². The first kappa shape index (κ1) is 27.2. The van der Waals surface area contributed by atoms with Gasteiger partial charge in [-0.15, -0.1) is 0 Å². The number of anilines is 2. The molecule has 1 amide bonds. The van der Waals surface area contributed by atoms with Gasteiger partial charge in [-0.25, -0.2) is 8.78 Å². The summed E-state index contributed by atoms with van der Waals surface area (Å²) in [6, 6.07) is 3.63. The largest absolute Gasteiger partial charge is 0.457 e. The van der Waals surface area contributed by atoms with E-state index >= 15 is 0 Å². The molecule has 1 unspecified atom stereocenters. The Morgan fingerprint density at radius 1 is 0.879 bits per heavy atom. The molecule has 0 bridgehead atoms. The maximum Gasteiger partial charge on any atom is 0.457 e. The van der Waals surface area contributed by atoms with Gasteiger partial charge in [0, 0.05) is 21.6 Å². The van der Waals surface area contributed by atoms with Gasteiger partial charge in [-0.1, -0.05) is 6.07 Å². The summed E-state index contributed by atoms with van der Waals surface area (Å²) in [7, 11) is 1.35. The number of amides is 1. The van der Waals surface area contributed by atoms with Gasteiger partial charge in [-0.05, 0) is 56.1 Å². The summed E-state index contributed by atoms with van der Waals surface area (Å²) < 4.78 is 133. The lowest BCUT2D eigenvalue weighted by atomic mass is 9.87. The molecule has 2 aromatic carbocycles. The minimum absolute atomic E-state index is 0.00783. The lowest BCUT2D eigenvalue weighted by molar-refractivity contribution is -0.389. The Labute approximate surface area is 195 Å². The van der Waals surface area contributed by atoms with Gasteiger partial charge in [-0.2, -0.15) is 35.1 Å². The van der Waals surface area contributed by atoms with Crippen LogP contribution in [-0.4, -0.2) is 31.2 Å². The monoisotopic (exact) mass is 618 g/mol. The van der Waals surface area contributed by atoms with Crippen molar-refractivity contribution in [3.8, 4) is 0 Å². The van der Waals surface area contributed by atoms with Crippen LogP contribution in [0.2, 0.25) is 0 Å². The molecule has 0 saturated carbocycles. The van der Waals surface area contributed by atoms with E-state index in [0.29, 0.717) is 0 Å². The Hall–Kier alpha value is -2.03. The average molecular weight is 620 g/mol. The number of nitrogens with one attached hydrogen (secondary N) is 2. The number of halogens is 12. The third kappa shape index (κ3) is 4.66. The van der Waals surface area contributed by atoms with Crippen LogP contribution in [0.3, 0.4) is 0 Å². The highest BCUT2D eigenvalue weighted by Gasteiger charge is 2.81. The highest BCUT2D eigenvalue weighted by atomic mass is 79.9. The van der Waals surface area contributed by atoms with E-state index in [0.717, 1.165) is 6.07 Å². The molecule has 2 rings (SSSR count). The number of carbonyl (C=O) groups is 1. The quantitative estimate of drug-likeness (QED) is 0.339. The van der Waals surface area contributed by atoms with Crippen molar-refractivity contribution in [3.05, 3.63) is 56.2 Å². The van der Waals surface area contributed by atoms with E-state index in [1.54, 1.807) is 0 Å². The predicted octanol–water partition coefficient (Wildman–Crippen LogP) is 7.57. The fourth-order valence-electron chi connectivity index (χ4n) is 2.69. The van der Waals surface area contributed by atoms with Crippen molar-refractivity contribution in [1.82, 2.24) is 0 Å². The molecule has 0 radical (unpaired) electrons. The summed E-state index contributed by atoms with van der Waals surface area (Å²) in [5, 5.41) is 4.52. The number of carbonyl (C=O) groups excluding carboxylic acids is 1. The standard InChI is InChI=1S/C18H10Br2F10N2O/c1-31-11-4-2-3-8(12(11)21)14(33)32-13-9(19)5-7(6-10(13)20)15(22,17(25,26)27)16(23,24)18(28,29)30/h2-6,31H,1H3,(H,32,33). The van der Waals surface area contributed by atoms with Crippen molar-refractivity contribution in [3.63, 3.8) is 0 Å². The van der Waals surface area contributed by atoms with Crippen LogP contribution in [0.4, 0.5) is 55.3 Å². The van der Waals surface area contributed by atoms with E-state index in [-0.39, 0.29) is 17.8 Å². The molecule has 0 aromatic heterocycles. The van der Waals surface area contributed by atoms with E-state index in [4.69, 9.17) is 0 Å². The molecule has 2 aromatic rings. The Morgan fingerprint density at radius 3 is 1.82 bits per heavy atom. The van der Waals surface area contributed by atoms with Crippen LogP contribution in [0.1, 0.15) is 15.9 Å². The number of hydrogen-bond acceptors (Lipinski definition) is 2. The smallest absolute Gasteiger partial charge is 0.386 e. The lowest BCUT2D eigenvalue weighted by Crippen LogP contribution is -2.59. The van der Waals surface area contributed by atoms with E-state index < -0.39 is 61.4 Å². The number of hydrogen-bond donors (Lipinski definition) is 2. The molecule has 15 heteroatoms. The lowest BCUT2D eigenvalue weighted by Gasteiger charge is -2.36. The zero-order valence-electron chi connectivity index (χ0n) is 15.8. The van der Waals surface area contributed by atoms with Crippen molar-refractivity contribution >= 4 is 49.1 Å². The highest BCUT2D eigenvalue weighted by molar-refractivity contribution is 9.11. The summed E-state index contributed by atoms with van der Waals surface area (Å²) in [6.07, 6.45) is -13.6. The molecule has 0 spiro atoms. The van der Waals surface area contributed by atoms with Crippen molar-refractivity contribution in [2.24, 2.45) is 0 Å². The van der Waals surface area contributed by atoms with Gasteiger partial charge < -0.3 is 10.6 Å². The van der Waals surface area contributed by atoms with Crippen LogP contribution >= 0.6 is 31.9 Å². The van der Waals surface area contributed by atoms with Crippen LogP contribution in [0, 0.1) is 5.82 Å². The molecule has 2 N–H and O–H groups in total. The second-order valence-corrected chi connectivity index (χ2v) is 8.12. The zero-order chi connectivity index (χ0) is 25.6. The summed E-state index contributed by atoms with van der Waals surface area (Å²) >= 11 is 5.22. The third-order valence-electron chi connectivity index (χ3n) is 4.37. The minimum Gasteiger partial charge on any atom is -0.386 e. The van der Waals surface area contributed by atoms with E-state index in [1.807, 2.05) is 0 Å². The second-order valence-electron chi connectivity index (χ2n) is 6.41. The van der Waals surface area contributed by atoms with Gasteiger partial charge in [0.2, 0.25) is 0 Å². The van der Waals surface area contributed by atoms with Crippen molar-refractivity contribution in [1.29, 1.82) is 0 Å². The molecule has 3 nitrogen and oxygen atoms in total. The average Bonchev–Trinajstić information content (AvgIpc) is 2.68. The molecule has 33 heavy (non-hydrogen) atoms. The summed E-state index contributed by atoms with van der Waals surface area (Å²) in [5.41, 5.74) is -9.38. The molecule has 182 valence electrons. The fourth-order valence-corrected chi connectivity index (χ4v) is 4.08. The summed E-state index contributed by atoms with van der Waals surface area (Å²) in [5.74, 6) is -9.02. The first-order valence-corrected chi connectivity index (χ1v) is 9.96. The topological polar surface area (TPSA) is 41.1 Å². The predicted molar refractivity (Wildman–Crippen MR) is 106 cm³/mol. The Kier molecular flexibility index (Phi) is 7.39. The van der Waals surface area contributed by atoms with Crippen LogP contribution in [0.25, 0.3) is 0 Å². The van der Waals surface area contributed by atoms with Gasteiger partial charge in [0.1, 0.15) is 0 Å². The van der Waals surface area contributed by atoms with Gasteiger partial charge >= 0.3 is 23.9 Å². The number of rotatable bonds is 5. The Morgan fingerprint density at radius 2 is 1.39 bits per heavy atom. The van der Waals surface area contributed by atoms with Gasteiger partial charge in [0.25, 0.3) is 5.91 Å². The van der Waals surface area contributed by atoms with Crippen molar-refractivity contribution < 1.29 is 48.7 Å². The number of benzene rings is 2. The molecule has 0 heterocycles. The maximum atomic E-state index is 14.7. The highest BCUT2D eigenvalue weighted by Crippen LogP contribution is 2.59. The molecule has 0 saturated heterocycles. The molecule has 0 aliphatic rings. The minimum atomic E-state index is -6.89. The van der Waals surface area contributed by atoms with Crippen LogP contribution in [-0.2, 0) is 5.67 Å². The maximum absolute atomic E-state index is 14.7. The third-order valence-corrected chi connectivity index (χ3v) is 5.62. The van der Waals surface area contributed by atoms with E-state index in [2.05, 4.69) is 42.5 Å². The molecular weight excluding hydrogens is 610 g/mol. The SMILES string of the molecule is CNc1cccc(C(=O)Nc2c(Br)cc(C(F)(C(F)(F)F)C(F)(F)C(F)(F)F)cc2Br)c1F. The number of alkyl halides is 9. The van der Waals surface area contributed by atoms with E-state index in [1.165, 1.54) is 19.2 Å². The van der Waals surface area contributed by atoms with Gasteiger partial charge in [-0.3, -0.25) is 4.79 Å². The Balaban J connectivity index is 2.59. The van der Waals surface area contributed by atoms with E-state index in [9.17, 15) is 48.7 Å². The molecular formula is C18H10Br2F10N2O. The van der Waals surface area contributed by atoms with Gasteiger partial charge in [0.15, 0.2) is 5.82 Å². The Bertz CT molecular complexity index is 1050. The first-order valence-electron chi connectivity index (χ1n) is 8.37. The van der Waals surface area contributed by atoms with Crippen LogP contribution < -0.4 is 10.6 Å². The van der Waals surface area contributed by atoms with Gasteiger partial charge in [0.05, 0.1) is 16.9 Å². The summed E-state index contributed by atoms with van der Waals surface area (Å²) in [4.78, 5) is 12.4.